The van der Waals surface area contributed by atoms with Gasteiger partial charge in [-0.25, -0.2) is 0 Å². The number of nitrogens with zero attached hydrogens (tertiary/aromatic N) is 1. The van der Waals surface area contributed by atoms with Crippen molar-refractivity contribution in [3.63, 3.8) is 0 Å². The number of aliphatic carboxylic acids is 1. The number of carboxylic acids is 1. The molecular formula is C9H8N2O3. The van der Waals surface area contributed by atoms with E-state index in [-0.39, 0.29) is 12.2 Å². The number of fused-ring (bicyclic) bond motifs is 1. The van der Waals surface area contributed by atoms with Crippen molar-refractivity contribution in [1.29, 1.82) is 0 Å². The van der Waals surface area contributed by atoms with Crippen LogP contribution in [0.3, 0.4) is 0 Å². The molecule has 14 heavy (non-hydrogen) atoms. The van der Waals surface area contributed by atoms with Crippen LogP contribution in [0.1, 0.15) is 5.56 Å². The van der Waals surface area contributed by atoms with Crippen LogP contribution in [0.5, 0.6) is 0 Å². The molecule has 2 rings (SSSR count). The van der Waals surface area contributed by atoms with Gasteiger partial charge in [-0.2, -0.15) is 0 Å². The smallest absolute Gasteiger partial charge is 0.307 e. The first-order valence-electron chi connectivity index (χ1n) is 4.02. The number of benzene rings is 1. The minimum Gasteiger partial charge on any atom is -0.481 e. The molecule has 0 amide bonds. The lowest BCUT2D eigenvalue weighted by Crippen LogP contribution is -1.99. The molecular weight excluding hydrogens is 184 g/mol. The Morgan fingerprint density at radius 2 is 2.36 bits per heavy atom. The van der Waals surface area contributed by atoms with Gasteiger partial charge in [0.05, 0.1) is 11.8 Å². The van der Waals surface area contributed by atoms with Gasteiger partial charge < -0.3 is 15.4 Å². The largest absolute Gasteiger partial charge is 0.481 e. The monoisotopic (exact) mass is 192 g/mol. The van der Waals surface area contributed by atoms with Crippen molar-refractivity contribution >= 4 is 22.8 Å². The number of nitrogens with two attached hydrogens (primary N) is 1. The molecule has 0 bridgehead atoms. The number of carboxylic acid groups (broad SMARTS) is 1. The SMILES string of the molecule is Nc1noc2ccc(CC(=O)O)cc12. The Morgan fingerprint density at radius 3 is 3.07 bits per heavy atom. The lowest BCUT2D eigenvalue weighted by Gasteiger charge is -1.95. The van der Waals surface area contributed by atoms with E-state index in [0.717, 1.165) is 0 Å². The minimum atomic E-state index is -0.876. The molecule has 0 saturated carbocycles. The van der Waals surface area contributed by atoms with Gasteiger partial charge in [-0.15, -0.1) is 0 Å². The summed E-state index contributed by atoms with van der Waals surface area (Å²) >= 11 is 0. The zero-order valence-electron chi connectivity index (χ0n) is 7.23. The zero-order chi connectivity index (χ0) is 10.1. The van der Waals surface area contributed by atoms with Crippen LogP contribution >= 0.6 is 0 Å². The molecule has 72 valence electrons. The lowest BCUT2D eigenvalue weighted by molar-refractivity contribution is -0.136. The highest BCUT2D eigenvalue weighted by atomic mass is 16.5. The predicted molar refractivity (Wildman–Crippen MR) is 49.8 cm³/mol. The molecule has 1 aromatic carbocycles. The summed E-state index contributed by atoms with van der Waals surface area (Å²) in [4.78, 5) is 10.5. The van der Waals surface area contributed by atoms with Crippen LogP contribution in [-0.4, -0.2) is 16.2 Å². The molecule has 0 saturated heterocycles. The van der Waals surface area contributed by atoms with E-state index < -0.39 is 5.97 Å². The van der Waals surface area contributed by atoms with Gasteiger partial charge >= 0.3 is 5.97 Å². The van der Waals surface area contributed by atoms with Crippen LogP contribution in [0, 0.1) is 0 Å². The fourth-order valence-electron chi connectivity index (χ4n) is 1.29. The van der Waals surface area contributed by atoms with Gasteiger partial charge in [-0.1, -0.05) is 11.2 Å². The van der Waals surface area contributed by atoms with Crippen molar-refractivity contribution in [1.82, 2.24) is 5.16 Å². The third kappa shape index (κ3) is 1.39. The molecule has 0 unspecified atom stereocenters. The van der Waals surface area contributed by atoms with E-state index in [4.69, 9.17) is 15.4 Å². The number of hydrogen-bond donors (Lipinski definition) is 2. The van der Waals surface area contributed by atoms with Gasteiger partial charge in [0.2, 0.25) is 0 Å². The second-order valence-electron chi connectivity index (χ2n) is 2.97. The van der Waals surface area contributed by atoms with E-state index in [2.05, 4.69) is 5.16 Å². The van der Waals surface area contributed by atoms with Gasteiger partial charge in [-0.3, -0.25) is 4.79 Å². The lowest BCUT2D eigenvalue weighted by atomic mass is 10.1. The van der Waals surface area contributed by atoms with E-state index in [1.54, 1.807) is 18.2 Å². The summed E-state index contributed by atoms with van der Waals surface area (Å²) in [5.41, 5.74) is 6.77. The summed E-state index contributed by atoms with van der Waals surface area (Å²) in [6, 6.07) is 5.02. The van der Waals surface area contributed by atoms with E-state index in [9.17, 15) is 4.79 Å². The Labute approximate surface area is 79.1 Å². The minimum absolute atomic E-state index is 0.0272. The highest BCUT2D eigenvalue weighted by Gasteiger charge is 2.07. The first-order chi connectivity index (χ1) is 6.66. The van der Waals surface area contributed by atoms with Gasteiger partial charge in [-0.05, 0) is 17.7 Å². The van der Waals surface area contributed by atoms with Crippen LogP contribution in [0.4, 0.5) is 5.82 Å². The van der Waals surface area contributed by atoms with Crippen molar-refractivity contribution < 1.29 is 14.4 Å². The molecule has 0 spiro atoms. The molecule has 1 aromatic heterocycles. The maximum atomic E-state index is 10.5. The summed E-state index contributed by atoms with van der Waals surface area (Å²) < 4.78 is 4.89. The molecule has 0 aliphatic carbocycles. The van der Waals surface area contributed by atoms with Crippen molar-refractivity contribution in [3.8, 4) is 0 Å². The molecule has 2 aromatic rings. The molecule has 5 heteroatoms. The third-order valence-corrected chi connectivity index (χ3v) is 1.92. The number of anilines is 1. The molecule has 0 radical (unpaired) electrons. The van der Waals surface area contributed by atoms with E-state index in [1.807, 2.05) is 0 Å². The molecule has 0 aliphatic rings. The summed E-state index contributed by atoms with van der Waals surface area (Å²) in [5.74, 6) is -0.591. The predicted octanol–water partition coefficient (Wildman–Crippen LogP) is 1.04. The van der Waals surface area contributed by atoms with E-state index in [1.165, 1.54) is 0 Å². The van der Waals surface area contributed by atoms with Gasteiger partial charge in [0.15, 0.2) is 11.4 Å². The number of aromatic nitrogens is 1. The topological polar surface area (TPSA) is 89.4 Å². The van der Waals surface area contributed by atoms with Gasteiger partial charge in [0, 0.05) is 0 Å². The molecule has 0 aliphatic heterocycles. The molecule has 0 atom stereocenters. The number of carbonyl (C=O) groups is 1. The fourth-order valence-corrected chi connectivity index (χ4v) is 1.29. The first kappa shape index (κ1) is 8.55. The second-order valence-corrected chi connectivity index (χ2v) is 2.97. The molecule has 0 fully saturated rings. The number of nitrogen functional groups attached to an aromatic ring is 1. The summed E-state index contributed by atoms with van der Waals surface area (Å²) in [6.07, 6.45) is -0.0272. The maximum absolute atomic E-state index is 10.5. The molecule has 3 N–H and O–H groups in total. The van der Waals surface area contributed by atoms with Crippen LogP contribution in [0.25, 0.3) is 11.0 Å². The Balaban J connectivity index is 2.49. The quantitative estimate of drug-likeness (QED) is 0.741. The van der Waals surface area contributed by atoms with E-state index >= 15 is 0 Å². The average Bonchev–Trinajstić information content (AvgIpc) is 2.47. The Morgan fingerprint density at radius 1 is 1.57 bits per heavy atom. The Hall–Kier alpha value is -2.04. The standard InChI is InChI=1S/C9H8N2O3/c10-9-6-3-5(4-8(12)13)1-2-7(6)14-11-9/h1-3H,4H2,(H2,10,11)(H,12,13). The zero-order valence-corrected chi connectivity index (χ0v) is 7.23. The van der Waals surface area contributed by atoms with Gasteiger partial charge in [0.25, 0.3) is 0 Å². The van der Waals surface area contributed by atoms with Crippen molar-refractivity contribution in [2.75, 3.05) is 5.73 Å². The number of hydrogen-bond acceptors (Lipinski definition) is 4. The van der Waals surface area contributed by atoms with Crippen molar-refractivity contribution in [2.45, 2.75) is 6.42 Å². The molecule has 1 heterocycles. The van der Waals surface area contributed by atoms with Gasteiger partial charge in [0.1, 0.15) is 0 Å². The highest BCUT2D eigenvalue weighted by molar-refractivity contribution is 5.88. The Kier molecular flexibility index (Phi) is 1.85. The second kappa shape index (κ2) is 3.02. The van der Waals surface area contributed by atoms with Crippen LogP contribution < -0.4 is 5.73 Å². The molecule has 5 nitrogen and oxygen atoms in total. The summed E-state index contributed by atoms with van der Waals surface area (Å²) in [6.45, 7) is 0. The Bertz CT molecular complexity index is 490. The maximum Gasteiger partial charge on any atom is 0.307 e. The summed E-state index contributed by atoms with van der Waals surface area (Å²) in [7, 11) is 0. The van der Waals surface area contributed by atoms with Crippen LogP contribution in [-0.2, 0) is 11.2 Å². The summed E-state index contributed by atoms with van der Waals surface area (Å²) in [5, 5.41) is 12.8. The van der Waals surface area contributed by atoms with E-state index in [0.29, 0.717) is 16.5 Å². The first-order valence-corrected chi connectivity index (χ1v) is 4.02. The number of rotatable bonds is 2. The average molecular weight is 192 g/mol. The van der Waals surface area contributed by atoms with Crippen molar-refractivity contribution in [3.05, 3.63) is 23.8 Å². The van der Waals surface area contributed by atoms with Crippen molar-refractivity contribution in [2.24, 2.45) is 0 Å². The normalized spacial score (nSPS) is 10.6. The van der Waals surface area contributed by atoms with Crippen LogP contribution in [0.15, 0.2) is 22.7 Å². The van der Waals surface area contributed by atoms with Crippen LogP contribution in [0.2, 0.25) is 0 Å². The highest BCUT2D eigenvalue weighted by Crippen LogP contribution is 2.21. The fraction of sp³-hybridized carbons (Fsp3) is 0.111. The third-order valence-electron chi connectivity index (χ3n) is 1.92.